The molecule has 0 fully saturated rings. The van der Waals surface area contributed by atoms with E-state index in [-0.39, 0.29) is 0 Å². The Hall–Kier alpha value is -3.56. The second kappa shape index (κ2) is 13.9. The van der Waals surface area contributed by atoms with E-state index < -0.39 is 15.7 Å². The number of benzene rings is 5. The Balaban J connectivity index is 1.90. The van der Waals surface area contributed by atoms with Crippen LogP contribution in [-0.4, -0.2) is 15.7 Å². The van der Waals surface area contributed by atoms with Gasteiger partial charge in [-0.3, -0.25) is 0 Å². The molecule has 5 rings (SSSR count). The van der Waals surface area contributed by atoms with Gasteiger partial charge in [0.05, 0.1) is 0 Å². The summed E-state index contributed by atoms with van der Waals surface area (Å²) in [5, 5.41) is 0. The van der Waals surface area contributed by atoms with Crippen LogP contribution in [-0.2, 0) is 0 Å². The zero-order valence-electron chi connectivity index (χ0n) is 31.0. The molecule has 0 atom stereocenters. The third kappa shape index (κ3) is 7.02. The molecule has 0 aliphatic rings. The molecule has 0 aliphatic carbocycles. The minimum atomic E-state index is -0.842. The molecule has 1 N–H and O–H groups in total. The van der Waals surface area contributed by atoms with E-state index >= 15 is 0 Å². The number of hydrogen-bond acceptors (Lipinski definition) is 1. The molecule has 2 radical (unpaired) electrons. The maximum atomic E-state index is 4.20. The maximum absolute atomic E-state index is 4.20. The summed E-state index contributed by atoms with van der Waals surface area (Å²) in [6, 6.07) is 26.1. The second-order valence-corrected chi connectivity index (χ2v) is 16.7. The molecule has 0 amide bonds. The average Bonchev–Trinajstić information content (AvgIpc) is 2.94. The second-order valence-electron chi connectivity index (χ2n) is 14.6. The number of hydrogen-bond donors (Lipinski definition) is 1. The number of nitrogens with one attached hydrogen (secondary N) is 1. The van der Waals surface area contributed by atoms with Crippen molar-refractivity contribution < 1.29 is 0 Å². The summed E-state index contributed by atoms with van der Waals surface area (Å²) < 4.78 is 5.68. The van der Waals surface area contributed by atoms with E-state index in [1.807, 2.05) is 0 Å². The van der Waals surface area contributed by atoms with E-state index in [1.165, 1.54) is 105 Å². The first kappa shape index (κ1) is 34.8. The summed E-state index contributed by atoms with van der Waals surface area (Å²) in [5.41, 5.74) is 24.4. The first-order chi connectivity index (χ1) is 22.2. The summed E-state index contributed by atoms with van der Waals surface area (Å²) in [6.07, 6.45) is 0. The molecule has 0 unspecified atom stereocenters. The van der Waals surface area contributed by atoms with Crippen molar-refractivity contribution in [1.29, 1.82) is 0 Å². The fraction of sp³-hybridized carbons (Fsp3) is 0.333. The molecule has 0 spiro atoms. The third-order valence-electron chi connectivity index (χ3n) is 9.68. The van der Waals surface area contributed by atoms with Gasteiger partial charge in [0.15, 0.2) is 0 Å². The van der Waals surface area contributed by atoms with Crippen LogP contribution >= 0.6 is 0 Å². The Kier molecular flexibility index (Phi) is 10.3. The van der Waals surface area contributed by atoms with E-state index in [0.717, 1.165) is 0 Å². The molecule has 0 saturated heterocycles. The van der Waals surface area contributed by atoms with Crippen LogP contribution in [0.15, 0.2) is 66.7 Å². The van der Waals surface area contributed by atoms with Crippen LogP contribution in [0.3, 0.4) is 0 Å². The van der Waals surface area contributed by atoms with E-state index in [4.69, 9.17) is 0 Å². The van der Waals surface area contributed by atoms with Crippen molar-refractivity contribution in [3.8, 4) is 33.4 Å². The van der Waals surface area contributed by atoms with Gasteiger partial charge in [-0.15, -0.1) is 0 Å². The molecule has 0 saturated carbocycles. The van der Waals surface area contributed by atoms with E-state index in [9.17, 15) is 0 Å². The van der Waals surface area contributed by atoms with Crippen molar-refractivity contribution in [1.82, 2.24) is 0 Å². The molecule has 47 heavy (non-hydrogen) atoms. The zero-order valence-corrected chi connectivity index (χ0v) is 33.1. The van der Waals surface area contributed by atoms with Gasteiger partial charge in [-0.25, -0.2) is 0 Å². The van der Waals surface area contributed by atoms with Gasteiger partial charge in [0.1, 0.15) is 0 Å². The van der Waals surface area contributed by atoms with Crippen molar-refractivity contribution in [2.75, 3.05) is 4.27 Å². The van der Waals surface area contributed by atoms with Crippen LogP contribution in [0.25, 0.3) is 33.4 Å². The standard InChI is InChI=1S/C45H53GeN/c1-25(2)37-15-14-16-38(26(3)4)45(37)47-46-44-39(42-32(10)19-28(6)20-33(42)11)23-36(41-30(8)17-27(5)18-31(41)9)24-40(44)43-34(12)21-29(7)22-35(43)13/h14-26,47H,1-13H3. The number of rotatable bonds is 8. The number of para-hydroxylation sites is 1. The third-order valence-corrected chi connectivity index (χ3v) is 12.1. The van der Waals surface area contributed by atoms with Gasteiger partial charge in [0.2, 0.25) is 0 Å². The topological polar surface area (TPSA) is 12.0 Å². The number of anilines is 1. The molecular formula is C45H53GeN. The molecule has 242 valence electrons. The summed E-state index contributed by atoms with van der Waals surface area (Å²) in [4.78, 5) is 0. The Bertz CT molecular complexity index is 1800. The Labute approximate surface area is 292 Å². The van der Waals surface area contributed by atoms with Crippen LogP contribution in [0, 0.1) is 62.3 Å². The monoisotopic (exact) mass is 681 g/mol. The predicted octanol–water partition coefficient (Wildman–Crippen LogP) is 12.1. The van der Waals surface area contributed by atoms with Crippen LogP contribution in [0.5, 0.6) is 0 Å². The molecule has 1 nitrogen and oxygen atoms in total. The van der Waals surface area contributed by atoms with Crippen molar-refractivity contribution in [2.24, 2.45) is 0 Å². The number of aryl methyl sites for hydroxylation is 9. The predicted molar refractivity (Wildman–Crippen MR) is 209 cm³/mol. The molecule has 0 bridgehead atoms. The normalized spacial score (nSPS) is 11.6. The Morgan fingerprint density at radius 3 is 1.15 bits per heavy atom. The van der Waals surface area contributed by atoms with Gasteiger partial charge < -0.3 is 0 Å². The molecule has 5 aromatic rings. The molecule has 0 heterocycles. The minimum absolute atomic E-state index is 0.444. The molecular weight excluding hydrogens is 627 g/mol. The molecule has 5 aromatic carbocycles. The first-order valence-electron chi connectivity index (χ1n) is 17.2. The van der Waals surface area contributed by atoms with Gasteiger partial charge in [-0.05, 0) is 0 Å². The van der Waals surface area contributed by atoms with Gasteiger partial charge >= 0.3 is 293 Å². The van der Waals surface area contributed by atoms with Gasteiger partial charge in [0, 0.05) is 0 Å². The quantitative estimate of drug-likeness (QED) is 0.161. The van der Waals surface area contributed by atoms with Crippen LogP contribution in [0.1, 0.15) is 101 Å². The molecule has 0 aliphatic heterocycles. The van der Waals surface area contributed by atoms with Crippen LogP contribution in [0.2, 0.25) is 0 Å². The zero-order chi connectivity index (χ0) is 34.3. The van der Waals surface area contributed by atoms with Crippen molar-refractivity contribution in [3.63, 3.8) is 0 Å². The van der Waals surface area contributed by atoms with Crippen molar-refractivity contribution >= 4 is 25.7 Å². The van der Waals surface area contributed by atoms with Crippen LogP contribution in [0.4, 0.5) is 5.69 Å². The molecule has 2 heteroatoms. The molecule has 0 aromatic heterocycles. The Morgan fingerprint density at radius 2 is 0.809 bits per heavy atom. The first-order valence-corrected chi connectivity index (χ1v) is 19.3. The van der Waals surface area contributed by atoms with Gasteiger partial charge in [-0.2, -0.15) is 0 Å². The SMILES string of the molecule is Cc1cc(C)c(-c2cc(-c3c(C)cc(C)cc3C)[c]([Ge][NH]c3c(C(C)C)cccc3C(C)C)c(-c3c(C)cc(C)cc3C)c2)c(C)c1. The average molecular weight is 681 g/mol. The fourth-order valence-electron chi connectivity index (χ4n) is 7.98. The van der Waals surface area contributed by atoms with E-state index in [1.54, 1.807) is 0 Å². The van der Waals surface area contributed by atoms with Crippen molar-refractivity contribution in [2.45, 2.75) is 102 Å². The van der Waals surface area contributed by atoms with Crippen LogP contribution < -0.4 is 8.67 Å². The van der Waals surface area contributed by atoms with E-state index in [0.29, 0.717) is 11.8 Å². The van der Waals surface area contributed by atoms with E-state index in [2.05, 4.69) is 161 Å². The Morgan fingerprint density at radius 1 is 0.468 bits per heavy atom. The van der Waals surface area contributed by atoms with Gasteiger partial charge in [0.25, 0.3) is 0 Å². The fourth-order valence-corrected chi connectivity index (χ4v) is 10.5. The van der Waals surface area contributed by atoms with Crippen molar-refractivity contribution in [3.05, 3.63) is 128 Å². The summed E-state index contributed by atoms with van der Waals surface area (Å²) >= 11 is -0.842. The summed E-state index contributed by atoms with van der Waals surface area (Å²) in [6.45, 7) is 29.7. The van der Waals surface area contributed by atoms with Gasteiger partial charge in [-0.1, -0.05) is 0 Å². The summed E-state index contributed by atoms with van der Waals surface area (Å²) in [5.74, 6) is 0.888. The summed E-state index contributed by atoms with van der Waals surface area (Å²) in [7, 11) is 0.